The maximum Gasteiger partial charge on any atom is 0.286 e. The molecule has 2 aliphatic heterocycles. The quantitative estimate of drug-likeness (QED) is 0.701. The highest BCUT2D eigenvalue weighted by Gasteiger charge is 2.28. The Balaban J connectivity index is 1.74. The van der Waals surface area contributed by atoms with E-state index in [1.54, 1.807) is 0 Å². The van der Waals surface area contributed by atoms with Crippen molar-refractivity contribution in [3.63, 3.8) is 0 Å². The summed E-state index contributed by atoms with van der Waals surface area (Å²) in [6.45, 7) is 4.29. The topological polar surface area (TPSA) is 32.7 Å². The fourth-order valence-corrected chi connectivity index (χ4v) is 3.82. The molecular formula is C16H17BrN2OS. The standard InChI is InChI=1S/C16H17BrN2OS/c1-11-6-8-19(9-7-11)16-18-15(20)14(21-16)10-12-4-2-3-5-13(12)17/h2-5,10-11H,6-9H2,1H3/b14-10+. The Morgan fingerprint density at radius 3 is 2.76 bits per heavy atom. The molecule has 2 heterocycles. The molecule has 2 aliphatic rings. The van der Waals surface area contributed by atoms with Crippen LogP contribution in [0.5, 0.6) is 0 Å². The van der Waals surface area contributed by atoms with Crippen molar-refractivity contribution in [2.75, 3.05) is 13.1 Å². The summed E-state index contributed by atoms with van der Waals surface area (Å²) in [5.74, 6) is 0.656. The highest BCUT2D eigenvalue weighted by atomic mass is 79.9. The maximum atomic E-state index is 12.1. The molecule has 3 nitrogen and oxygen atoms in total. The zero-order chi connectivity index (χ0) is 14.8. The second-order valence-electron chi connectivity index (χ2n) is 5.50. The first kappa shape index (κ1) is 14.9. The largest absolute Gasteiger partial charge is 0.351 e. The Bertz CT molecular complexity index is 618. The summed E-state index contributed by atoms with van der Waals surface area (Å²) < 4.78 is 0.992. The molecule has 1 aromatic carbocycles. The number of likely N-dealkylation sites (tertiary alicyclic amines) is 1. The highest BCUT2D eigenvalue weighted by molar-refractivity contribution is 9.10. The lowest BCUT2D eigenvalue weighted by Gasteiger charge is -2.30. The number of carbonyl (C=O) groups is 1. The van der Waals surface area contributed by atoms with Crippen LogP contribution in [0, 0.1) is 5.92 Å². The second kappa shape index (κ2) is 6.36. The summed E-state index contributed by atoms with van der Waals surface area (Å²) in [4.78, 5) is 19.3. The number of nitrogens with zero attached hydrogens (tertiary/aromatic N) is 2. The van der Waals surface area contributed by atoms with E-state index in [1.165, 1.54) is 24.6 Å². The number of carbonyl (C=O) groups excluding carboxylic acids is 1. The smallest absolute Gasteiger partial charge is 0.286 e. The minimum Gasteiger partial charge on any atom is -0.351 e. The fourth-order valence-electron chi connectivity index (χ4n) is 2.47. The molecule has 0 aliphatic carbocycles. The van der Waals surface area contributed by atoms with Crippen LogP contribution in [0.25, 0.3) is 6.08 Å². The third-order valence-corrected chi connectivity index (χ3v) is 5.62. The molecule has 0 spiro atoms. The van der Waals surface area contributed by atoms with E-state index >= 15 is 0 Å². The second-order valence-corrected chi connectivity index (χ2v) is 7.36. The molecule has 0 N–H and O–H groups in total. The van der Waals surface area contributed by atoms with Gasteiger partial charge in [0.05, 0.1) is 4.91 Å². The van der Waals surface area contributed by atoms with Crippen molar-refractivity contribution < 1.29 is 4.79 Å². The van der Waals surface area contributed by atoms with Gasteiger partial charge >= 0.3 is 0 Å². The van der Waals surface area contributed by atoms with Crippen LogP contribution in [0.3, 0.4) is 0 Å². The normalized spacial score (nSPS) is 22.0. The Morgan fingerprint density at radius 1 is 1.33 bits per heavy atom. The van der Waals surface area contributed by atoms with Gasteiger partial charge in [-0.2, -0.15) is 4.99 Å². The highest BCUT2D eigenvalue weighted by Crippen LogP contribution is 2.33. The van der Waals surface area contributed by atoms with Crippen LogP contribution < -0.4 is 0 Å². The van der Waals surface area contributed by atoms with Gasteiger partial charge in [-0.3, -0.25) is 4.79 Å². The van der Waals surface area contributed by atoms with Crippen LogP contribution in [-0.4, -0.2) is 29.1 Å². The summed E-state index contributed by atoms with van der Waals surface area (Å²) in [7, 11) is 0. The van der Waals surface area contributed by atoms with Gasteiger partial charge < -0.3 is 4.90 Å². The number of benzene rings is 1. The Labute approximate surface area is 137 Å². The van der Waals surface area contributed by atoms with Crippen LogP contribution >= 0.6 is 27.7 Å². The first-order valence-electron chi connectivity index (χ1n) is 7.15. The maximum absolute atomic E-state index is 12.1. The van der Waals surface area contributed by atoms with Crippen LogP contribution in [-0.2, 0) is 4.79 Å². The van der Waals surface area contributed by atoms with Crippen LogP contribution in [0.2, 0.25) is 0 Å². The zero-order valence-electron chi connectivity index (χ0n) is 11.9. The molecule has 0 saturated carbocycles. The van der Waals surface area contributed by atoms with Gasteiger partial charge in [0.1, 0.15) is 0 Å². The van der Waals surface area contributed by atoms with Gasteiger partial charge in [0.15, 0.2) is 5.17 Å². The number of piperidine rings is 1. The molecule has 5 heteroatoms. The van der Waals surface area contributed by atoms with Crippen molar-refractivity contribution >= 4 is 44.8 Å². The Hall–Kier alpha value is -1.07. The molecule has 110 valence electrons. The molecule has 3 rings (SSSR count). The number of halogens is 1. The summed E-state index contributed by atoms with van der Waals surface area (Å²) >= 11 is 5.01. The predicted octanol–water partition coefficient (Wildman–Crippen LogP) is 4.15. The number of amides is 1. The Morgan fingerprint density at radius 2 is 2.05 bits per heavy atom. The van der Waals surface area contributed by atoms with Crippen molar-refractivity contribution in [1.29, 1.82) is 0 Å². The summed E-state index contributed by atoms with van der Waals surface area (Å²) in [6, 6.07) is 7.90. The first-order chi connectivity index (χ1) is 10.1. The van der Waals surface area contributed by atoms with Crippen LogP contribution in [0.4, 0.5) is 0 Å². The van der Waals surface area contributed by atoms with Crippen molar-refractivity contribution in [3.05, 3.63) is 39.2 Å². The van der Waals surface area contributed by atoms with Crippen molar-refractivity contribution in [2.45, 2.75) is 19.8 Å². The fraction of sp³-hybridized carbons (Fsp3) is 0.375. The molecule has 0 atom stereocenters. The van der Waals surface area contributed by atoms with Crippen molar-refractivity contribution in [2.24, 2.45) is 10.9 Å². The molecule has 0 bridgehead atoms. The van der Waals surface area contributed by atoms with Gasteiger partial charge in [0.2, 0.25) is 0 Å². The van der Waals surface area contributed by atoms with Gasteiger partial charge in [-0.1, -0.05) is 41.1 Å². The number of amidine groups is 1. The molecular weight excluding hydrogens is 348 g/mol. The molecule has 1 amide bonds. The van der Waals surface area contributed by atoms with Gasteiger partial charge in [-0.05, 0) is 48.2 Å². The third kappa shape index (κ3) is 3.40. The molecule has 0 radical (unpaired) electrons. The van der Waals surface area contributed by atoms with E-state index in [0.717, 1.165) is 34.2 Å². The molecule has 1 aromatic rings. The van der Waals surface area contributed by atoms with E-state index in [2.05, 4.69) is 32.7 Å². The predicted molar refractivity (Wildman–Crippen MR) is 92.1 cm³/mol. The van der Waals surface area contributed by atoms with Crippen molar-refractivity contribution in [1.82, 2.24) is 4.90 Å². The van der Waals surface area contributed by atoms with E-state index in [4.69, 9.17) is 0 Å². The summed E-state index contributed by atoms with van der Waals surface area (Å²) in [5.41, 5.74) is 1.01. The van der Waals surface area contributed by atoms with E-state index in [9.17, 15) is 4.79 Å². The number of rotatable bonds is 1. The lowest BCUT2D eigenvalue weighted by molar-refractivity contribution is -0.113. The molecule has 1 saturated heterocycles. The lowest BCUT2D eigenvalue weighted by atomic mass is 10.00. The van der Waals surface area contributed by atoms with Crippen molar-refractivity contribution in [3.8, 4) is 0 Å². The van der Waals surface area contributed by atoms with Gasteiger partial charge in [0, 0.05) is 17.6 Å². The average Bonchev–Trinajstić information content (AvgIpc) is 2.83. The van der Waals surface area contributed by atoms with E-state index < -0.39 is 0 Å². The average molecular weight is 365 g/mol. The van der Waals surface area contributed by atoms with Gasteiger partial charge in [-0.15, -0.1) is 0 Å². The van der Waals surface area contributed by atoms with E-state index in [1.807, 2.05) is 30.3 Å². The van der Waals surface area contributed by atoms with Crippen LogP contribution in [0.15, 0.2) is 38.6 Å². The number of thioether (sulfide) groups is 1. The minimum atomic E-state index is -0.121. The molecule has 0 aromatic heterocycles. The van der Waals surface area contributed by atoms with Gasteiger partial charge in [0.25, 0.3) is 5.91 Å². The summed E-state index contributed by atoms with van der Waals surface area (Å²) in [5, 5.41) is 0.866. The molecule has 1 fully saturated rings. The van der Waals surface area contributed by atoms with E-state index in [0.29, 0.717) is 4.91 Å². The third-order valence-electron chi connectivity index (χ3n) is 3.86. The number of hydrogen-bond donors (Lipinski definition) is 0. The molecule has 0 unspecified atom stereocenters. The first-order valence-corrected chi connectivity index (χ1v) is 8.76. The summed E-state index contributed by atoms with van der Waals surface area (Å²) in [6.07, 6.45) is 4.27. The zero-order valence-corrected chi connectivity index (χ0v) is 14.3. The van der Waals surface area contributed by atoms with Crippen LogP contribution in [0.1, 0.15) is 25.3 Å². The molecule has 21 heavy (non-hydrogen) atoms. The van der Waals surface area contributed by atoms with E-state index in [-0.39, 0.29) is 5.91 Å². The Kier molecular flexibility index (Phi) is 4.50. The lowest BCUT2D eigenvalue weighted by Crippen LogP contribution is -2.35. The SMILES string of the molecule is CC1CCN(C2=NC(=O)/C(=C\c3ccccc3Br)S2)CC1. The number of aliphatic imine (C=N–C) groups is 1. The monoisotopic (exact) mass is 364 g/mol. The minimum absolute atomic E-state index is 0.121. The number of hydrogen-bond acceptors (Lipinski definition) is 3. The van der Waals surface area contributed by atoms with Gasteiger partial charge in [-0.25, -0.2) is 0 Å².